The highest BCUT2D eigenvalue weighted by Crippen LogP contribution is 2.12. The van der Waals surface area contributed by atoms with Gasteiger partial charge in [0.25, 0.3) is 0 Å². The zero-order valence-electron chi connectivity index (χ0n) is 9.45. The van der Waals surface area contributed by atoms with Gasteiger partial charge in [-0.15, -0.1) is 0 Å². The molecule has 1 aliphatic rings. The Kier molecular flexibility index (Phi) is 3.93. The number of alkyl carbamates (subject to hydrolysis) is 1. The Morgan fingerprint density at radius 3 is 2.73 bits per heavy atom. The number of hydrogen-bond donors (Lipinski definition) is 2. The van der Waals surface area contributed by atoms with Crippen LogP contribution in [0.25, 0.3) is 0 Å². The van der Waals surface area contributed by atoms with Crippen molar-refractivity contribution in [1.29, 1.82) is 0 Å². The van der Waals surface area contributed by atoms with E-state index < -0.39 is 17.8 Å². The molecule has 5 nitrogen and oxygen atoms in total. The molecule has 0 aliphatic carbocycles. The Balaban J connectivity index is 2.22. The molecule has 1 aliphatic heterocycles. The van der Waals surface area contributed by atoms with Gasteiger partial charge in [-0.2, -0.15) is 0 Å². The van der Waals surface area contributed by atoms with Crippen LogP contribution in [0, 0.1) is 0 Å². The summed E-state index contributed by atoms with van der Waals surface area (Å²) >= 11 is 0. The molecule has 2 atom stereocenters. The molecule has 1 fully saturated rings. The Bertz CT molecular complexity index is 224. The fourth-order valence-electron chi connectivity index (χ4n) is 1.33. The van der Waals surface area contributed by atoms with E-state index in [4.69, 9.17) is 9.47 Å². The van der Waals surface area contributed by atoms with Gasteiger partial charge >= 0.3 is 6.09 Å². The molecule has 5 heteroatoms. The molecule has 1 amide bonds. The van der Waals surface area contributed by atoms with Crippen molar-refractivity contribution in [3.8, 4) is 0 Å². The average Bonchev–Trinajstić information content (AvgIpc) is 2.44. The topological polar surface area (TPSA) is 67.8 Å². The third-order valence-corrected chi connectivity index (χ3v) is 2.02. The second kappa shape index (κ2) is 4.81. The Labute approximate surface area is 89.8 Å². The van der Waals surface area contributed by atoms with Crippen LogP contribution in [-0.4, -0.2) is 42.2 Å². The minimum Gasteiger partial charge on any atom is -0.444 e. The second-order valence-electron chi connectivity index (χ2n) is 4.65. The summed E-state index contributed by atoms with van der Waals surface area (Å²) in [5, 5.41) is 12.0. The fourth-order valence-corrected chi connectivity index (χ4v) is 1.33. The zero-order chi connectivity index (χ0) is 11.5. The maximum Gasteiger partial charge on any atom is 0.407 e. The van der Waals surface area contributed by atoms with E-state index in [-0.39, 0.29) is 12.6 Å². The maximum atomic E-state index is 11.3. The van der Waals surface area contributed by atoms with Crippen LogP contribution in [0.2, 0.25) is 0 Å². The number of ether oxygens (including phenoxy) is 2. The van der Waals surface area contributed by atoms with Crippen molar-refractivity contribution < 1.29 is 19.4 Å². The molecule has 0 unspecified atom stereocenters. The van der Waals surface area contributed by atoms with E-state index in [9.17, 15) is 9.90 Å². The molecule has 0 aromatic carbocycles. The number of amides is 1. The smallest absolute Gasteiger partial charge is 0.407 e. The molecule has 1 saturated heterocycles. The van der Waals surface area contributed by atoms with Crippen LogP contribution in [-0.2, 0) is 9.47 Å². The van der Waals surface area contributed by atoms with Gasteiger partial charge in [-0.25, -0.2) is 4.79 Å². The highest BCUT2D eigenvalue weighted by atomic mass is 16.6. The van der Waals surface area contributed by atoms with Crippen molar-refractivity contribution in [2.24, 2.45) is 0 Å². The van der Waals surface area contributed by atoms with Gasteiger partial charge in [0.05, 0.1) is 6.10 Å². The van der Waals surface area contributed by atoms with E-state index in [1.165, 1.54) is 0 Å². The molecule has 0 saturated carbocycles. The quantitative estimate of drug-likeness (QED) is 0.713. The van der Waals surface area contributed by atoms with Gasteiger partial charge in [0.1, 0.15) is 11.7 Å². The minimum atomic E-state index is -0.501. The van der Waals surface area contributed by atoms with E-state index >= 15 is 0 Å². The fraction of sp³-hybridized carbons (Fsp3) is 0.900. The number of carbonyl (C=O) groups is 1. The van der Waals surface area contributed by atoms with Crippen LogP contribution >= 0.6 is 0 Å². The SMILES string of the molecule is CC(C)(C)OC(=O)NC[C@H]1OCC[C@H]1O. The van der Waals surface area contributed by atoms with Gasteiger partial charge in [0.15, 0.2) is 0 Å². The van der Waals surface area contributed by atoms with Gasteiger partial charge in [-0.05, 0) is 27.2 Å². The average molecular weight is 217 g/mol. The lowest BCUT2D eigenvalue weighted by atomic mass is 10.2. The van der Waals surface area contributed by atoms with Gasteiger partial charge in [-0.3, -0.25) is 0 Å². The summed E-state index contributed by atoms with van der Waals surface area (Å²) in [4.78, 5) is 11.3. The van der Waals surface area contributed by atoms with Crippen LogP contribution in [0.3, 0.4) is 0 Å². The van der Waals surface area contributed by atoms with Gasteiger partial charge in [0, 0.05) is 13.2 Å². The lowest BCUT2D eigenvalue weighted by Crippen LogP contribution is -2.39. The summed E-state index contributed by atoms with van der Waals surface area (Å²) in [5.41, 5.74) is -0.501. The van der Waals surface area contributed by atoms with Crippen LogP contribution in [0.4, 0.5) is 4.79 Å². The molecular formula is C10H19NO4. The molecule has 1 rings (SSSR count). The highest BCUT2D eigenvalue weighted by Gasteiger charge is 2.27. The van der Waals surface area contributed by atoms with Crippen molar-refractivity contribution in [3.05, 3.63) is 0 Å². The van der Waals surface area contributed by atoms with Crippen molar-refractivity contribution in [3.63, 3.8) is 0 Å². The standard InChI is InChI=1S/C10H19NO4/c1-10(2,3)15-9(13)11-6-8-7(12)4-5-14-8/h7-8,12H,4-6H2,1-3H3,(H,11,13)/t7-,8-/m1/s1. The number of rotatable bonds is 2. The zero-order valence-corrected chi connectivity index (χ0v) is 9.45. The monoisotopic (exact) mass is 217 g/mol. The minimum absolute atomic E-state index is 0.288. The molecule has 0 spiro atoms. The number of hydrogen-bond acceptors (Lipinski definition) is 4. The lowest BCUT2D eigenvalue weighted by Gasteiger charge is -2.21. The van der Waals surface area contributed by atoms with E-state index in [0.29, 0.717) is 13.0 Å². The van der Waals surface area contributed by atoms with Crippen molar-refractivity contribution in [2.45, 2.75) is 45.0 Å². The first-order valence-corrected chi connectivity index (χ1v) is 5.15. The highest BCUT2D eigenvalue weighted by molar-refractivity contribution is 5.67. The maximum absolute atomic E-state index is 11.3. The predicted molar refractivity (Wildman–Crippen MR) is 54.6 cm³/mol. The summed E-state index contributed by atoms with van der Waals surface area (Å²) in [7, 11) is 0. The van der Waals surface area contributed by atoms with E-state index in [1.807, 2.05) is 0 Å². The lowest BCUT2D eigenvalue weighted by molar-refractivity contribution is 0.0295. The summed E-state index contributed by atoms with van der Waals surface area (Å²) in [6.45, 7) is 6.23. The summed E-state index contributed by atoms with van der Waals surface area (Å²) < 4.78 is 10.3. The van der Waals surface area contributed by atoms with Gasteiger partial charge < -0.3 is 19.9 Å². The normalized spacial score (nSPS) is 26.4. The first-order valence-electron chi connectivity index (χ1n) is 5.15. The van der Waals surface area contributed by atoms with Gasteiger partial charge in [0.2, 0.25) is 0 Å². The third-order valence-electron chi connectivity index (χ3n) is 2.02. The van der Waals surface area contributed by atoms with E-state index in [0.717, 1.165) is 0 Å². The van der Waals surface area contributed by atoms with Crippen LogP contribution in [0.1, 0.15) is 27.2 Å². The van der Waals surface area contributed by atoms with Crippen LogP contribution in [0.5, 0.6) is 0 Å². The van der Waals surface area contributed by atoms with Crippen molar-refractivity contribution in [2.75, 3.05) is 13.2 Å². The first kappa shape index (κ1) is 12.3. The molecule has 2 N–H and O–H groups in total. The number of aliphatic hydroxyl groups is 1. The Morgan fingerprint density at radius 2 is 2.27 bits per heavy atom. The molecule has 0 radical (unpaired) electrons. The number of carbonyl (C=O) groups excluding carboxylic acids is 1. The summed E-state index contributed by atoms with van der Waals surface area (Å²) in [5.74, 6) is 0. The molecule has 0 aromatic heterocycles. The van der Waals surface area contributed by atoms with E-state index in [1.54, 1.807) is 20.8 Å². The largest absolute Gasteiger partial charge is 0.444 e. The molecular weight excluding hydrogens is 198 g/mol. The van der Waals surface area contributed by atoms with Crippen molar-refractivity contribution >= 4 is 6.09 Å². The second-order valence-corrected chi connectivity index (χ2v) is 4.65. The van der Waals surface area contributed by atoms with Crippen molar-refractivity contribution in [1.82, 2.24) is 5.32 Å². The molecule has 88 valence electrons. The summed E-state index contributed by atoms with van der Waals surface area (Å²) in [6, 6.07) is 0. The predicted octanol–water partition coefficient (Wildman–Crippen LogP) is 0.661. The number of nitrogens with one attached hydrogen (secondary N) is 1. The molecule has 15 heavy (non-hydrogen) atoms. The Morgan fingerprint density at radius 1 is 1.60 bits per heavy atom. The van der Waals surface area contributed by atoms with Crippen LogP contribution < -0.4 is 5.32 Å². The molecule has 0 bridgehead atoms. The Hall–Kier alpha value is -0.810. The third kappa shape index (κ3) is 4.48. The number of aliphatic hydroxyl groups excluding tert-OH is 1. The van der Waals surface area contributed by atoms with E-state index in [2.05, 4.69) is 5.32 Å². The first-order chi connectivity index (χ1) is 6.88. The molecule has 0 aromatic rings. The summed E-state index contributed by atoms with van der Waals surface area (Å²) in [6.07, 6.45) is -0.650. The molecule has 1 heterocycles. The van der Waals surface area contributed by atoms with Gasteiger partial charge in [-0.1, -0.05) is 0 Å². The van der Waals surface area contributed by atoms with Crippen LogP contribution in [0.15, 0.2) is 0 Å².